The predicted octanol–water partition coefficient (Wildman–Crippen LogP) is 6.21. The van der Waals surface area contributed by atoms with Gasteiger partial charge in [-0.05, 0) is 65.5 Å². The van der Waals surface area contributed by atoms with Crippen molar-refractivity contribution in [2.45, 2.75) is 116 Å². The summed E-state index contributed by atoms with van der Waals surface area (Å²) in [7, 11) is 3.53. The van der Waals surface area contributed by atoms with E-state index in [1.807, 2.05) is 39.8 Å². The van der Waals surface area contributed by atoms with Gasteiger partial charge in [0.15, 0.2) is 18.3 Å². The van der Waals surface area contributed by atoms with Gasteiger partial charge in [-0.3, -0.25) is 9.36 Å². The number of halogens is 5. The molecule has 0 aromatic carbocycles. The van der Waals surface area contributed by atoms with Crippen molar-refractivity contribution in [2.24, 2.45) is 14.1 Å². The van der Waals surface area contributed by atoms with Gasteiger partial charge in [0, 0.05) is 75.4 Å². The summed E-state index contributed by atoms with van der Waals surface area (Å²) in [6.45, 7) is 7.64. The number of anilines is 2. The van der Waals surface area contributed by atoms with Crippen LogP contribution in [0.2, 0.25) is 5.15 Å². The highest BCUT2D eigenvalue weighted by Gasteiger charge is 2.36. The van der Waals surface area contributed by atoms with E-state index < -0.39 is 11.8 Å². The van der Waals surface area contributed by atoms with E-state index in [9.17, 15) is 17.6 Å². The highest BCUT2D eigenvalue weighted by molar-refractivity contribution is 6.29. The molecule has 2 aliphatic rings. The Kier molecular flexibility index (Phi) is 14.2. The van der Waals surface area contributed by atoms with Crippen LogP contribution in [0.25, 0.3) is 11.9 Å². The molecule has 0 spiro atoms. The monoisotopic (exact) mass is 872 g/mol. The minimum absolute atomic E-state index is 0.0334. The van der Waals surface area contributed by atoms with Crippen LogP contribution < -0.4 is 15.4 Å². The molecule has 3 N–H and O–H groups in total. The first-order chi connectivity index (χ1) is 28.9. The summed E-state index contributed by atoms with van der Waals surface area (Å²) >= 11 is 6.07. The Balaban J connectivity index is 0.000000177. The Morgan fingerprint density at radius 2 is 1.13 bits per heavy atom. The van der Waals surface area contributed by atoms with Gasteiger partial charge in [-0.15, -0.1) is 0 Å². The summed E-state index contributed by atoms with van der Waals surface area (Å²) in [6.07, 6.45) is 4.23. The fourth-order valence-electron chi connectivity index (χ4n) is 6.72. The summed E-state index contributed by atoms with van der Waals surface area (Å²) in [5, 5.41) is 31.9. The molecule has 2 saturated carbocycles. The summed E-state index contributed by atoms with van der Waals surface area (Å²) < 4.78 is 65.6. The lowest BCUT2D eigenvalue weighted by atomic mass is 9.92. The largest absolute Gasteiger partial charge is 0.469 e. The maximum absolute atomic E-state index is 13.5. The number of aryl methyl sites for hydroxylation is 6. The predicted molar refractivity (Wildman–Crippen MR) is 216 cm³/mol. The van der Waals surface area contributed by atoms with Gasteiger partial charge in [0.25, 0.3) is 11.9 Å². The Labute approximate surface area is 354 Å². The van der Waals surface area contributed by atoms with Crippen LogP contribution in [-0.2, 0) is 27.3 Å². The fourth-order valence-corrected chi connectivity index (χ4v) is 6.90. The number of nitrogens with zero attached hydrogens (tertiary/aromatic N) is 14. The van der Waals surface area contributed by atoms with Gasteiger partial charge in [0.05, 0.1) is 11.4 Å². The van der Waals surface area contributed by atoms with E-state index in [0.717, 1.165) is 22.8 Å². The van der Waals surface area contributed by atoms with Crippen LogP contribution in [0.4, 0.5) is 29.2 Å². The molecule has 0 saturated heterocycles. The number of aliphatic hydroxyl groups is 1. The second kappa shape index (κ2) is 19.3. The zero-order chi connectivity index (χ0) is 43.9. The molecule has 6 heterocycles. The molecule has 328 valence electrons. The average Bonchev–Trinajstić information content (AvgIpc) is 3.99. The molecule has 6 aromatic heterocycles. The molecule has 0 bridgehead atoms. The zero-order valence-corrected chi connectivity index (χ0v) is 35.5. The first-order valence-corrected chi connectivity index (χ1v) is 20.0. The lowest BCUT2D eigenvalue weighted by Crippen LogP contribution is -2.32. The van der Waals surface area contributed by atoms with E-state index in [1.165, 1.54) is 0 Å². The van der Waals surface area contributed by atoms with E-state index in [2.05, 4.69) is 60.9 Å². The minimum Gasteiger partial charge on any atom is -0.469 e. The Morgan fingerprint density at radius 3 is 1.54 bits per heavy atom. The van der Waals surface area contributed by atoms with Crippen LogP contribution in [0.1, 0.15) is 85.8 Å². The van der Waals surface area contributed by atoms with Crippen LogP contribution in [0.3, 0.4) is 0 Å². The molecule has 0 amide bonds. The van der Waals surface area contributed by atoms with Gasteiger partial charge < -0.3 is 20.5 Å². The third-order valence-corrected chi connectivity index (χ3v) is 9.89. The summed E-state index contributed by atoms with van der Waals surface area (Å²) in [5.41, 5.74) is 3.46. The number of aliphatic hydroxyl groups excluding tert-OH is 1. The van der Waals surface area contributed by atoms with Crippen LogP contribution in [0.15, 0.2) is 36.9 Å². The number of hydrogen-bond acceptors (Lipinski definition) is 14. The number of nitrogens with one attached hydrogen (secondary N) is 2. The molecule has 0 unspecified atom stereocenters. The molecular formula is C38H49ClF4N16O2. The van der Waals surface area contributed by atoms with E-state index in [-0.39, 0.29) is 56.1 Å². The average molecular weight is 873 g/mol. The Bertz CT molecular complexity index is 2360. The highest BCUT2D eigenvalue weighted by atomic mass is 35.5. The lowest BCUT2D eigenvalue weighted by Gasteiger charge is -2.29. The van der Waals surface area contributed by atoms with Gasteiger partial charge in [0.1, 0.15) is 36.1 Å². The molecule has 23 heteroatoms. The molecule has 61 heavy (non-hydrogen) atoms. The first kappa shape index (κ1) is 44.8. The maximum atomic E-state index is 13.5. The number of rotatable bonds is 10. The van der Waals surface area contributed by atoms with Gasteiger partial charge in [-0.2, -0.15) is 40.3 Å². The maximum Gasteiger partial charge on any atom is 0.256 e. The van der Waals surface area contributed by atoms with Gasteiger partial charge in [-0.1, -0.05) is 11.6 Å². The van der Waals surface area contributed by atoms with Gasteiger partial charge in [0.2, 0.25) is 17.7 Å². The topological polar surface area (TPSA) is 202 Å². The van der Waals surface area contributed by atoms with Crippen molar-refractivity contribution >= 4 is 23.2 Å². The van der Waals surface area contributed by atoms with Crippen LogP contribution in [0.5, 0.6) is 5.88 Å². The number of aromatic nitrogens is 14. The van der Waals surface area contributed by atoms with Gasteiger partial charge in [-0.25, -0.2) is 36.9 Å². The minimum atomic E-state index is -2.58. The third-order valence-electron chi connectivity index (χ3n) is 9.69. The second-order valence-corrected chi connectivity index (χ2v) is 15.5. The molecule has 8 rings (SSSR count). The molecule has 6 aromatic rings. The smallest absolute Gasteiger partial charge is 0.256 e. The van der Waals surface area contributed by atoms with Crippen molar-refractivity contribution in [2.75, 3.05) is 10.6 Å². The normalized spacial score (nSPS) is 16.3. The van der Waals surface area contributed by atoms with Gasteiger partial charge >= 0.3 is 0 Å². The first-order valence-electron chi connectivity index (χ1n) is 19.6. The third kappa shape index (κ3) is 12.9. The van der Waals surface area contributed by atoms with Crippen LogP contribution in [-0.4, -0.2) is 98.1 Å². The number of alkyl halides is 4. The lowest BCUT2D eigenvalue weighted by molar-refractivity contribution is -0.0366. The Hall–Kier alpha value is -5.77. The van der Waals surface area contributed by atoms with Crippen LogP contribution >= 0.6 is 11.6 Å². The van der Waals surface area contributed by atoms with Crippen molar-refractivity contribution < 1.29 is 27.4 Å². The SMILES string of the molecule is Cc1cc(C)n(-c2nc(Cl)cc(NC3CCC(F)(F)CC3)n2)n1.Cc1cc(C)n(-c2nc(NC3CCC(F)(F)CC3)cc(OCc3ncn(C)n3)n2)n1.Cn1cnc(CO)n1. The molecular weight excluding hydrogens is 824 g/mol. The molecule has 2 aliphatic carbocycles. The van der Waals surface area contributed by atoms with Crippen molar-refractivity contribution in [3.05, 3.63) is 76.5 Å². The van der Waals surface area contributed by atoms with Crippen molar-refractivity contribution in [1.82, 2.24) is 69.0 Å². The Morgan fingerprint density at radius 1 is 0.672 bits per heavy atom. The van der Waals surface area contributed by atoms with Crippen LogP contribution in [0, 0.1) is 27.7 Å². The number of hydrogen-bond donors (Lipinski definition) is 3. The molecule has 18 nitrogen and oxygen atoms in total. The quantitative estimate of drug-likeness (QED) is 0.104. The summed E-state index contributed by atoms with van der Waals surface area (Å²) in [6, 6.07) is 6.98. The van der Waals surface area contributed by atoms with Crippen molar-refractivity contribution in [3.63, 3.8) is 0 Å². The van der Waals surface area contributed by atoms with E-state index in [0.29, 0.717) is 66.7 Å². The van der Waals surface area contributed by atoms with E-state index >= 15 is 0 Å². The molecule has 0 radical (unpaired) electrons. The fraction of sp³-hybridized carbons (Fsp3) is 0.526. The second-order valence-electron chi connectivity index (χ2n) is 15.1. The molecule has 0 aliphatic heterocycles. The van der Waals surface area contributed by atoms with Crippen molar-refractivity contribution in [3.8, 4) is 17.8 Å². The molecule has 0 atom stereocenters. The summed E-state index contributed by atoms with van der Waals surface area (Å²) in [5.74, 6) is -2.07. The zero-order valence-electron chi connectivity index (χ0n) is 34.7. The number of ether oxygens (including phenoxy) is 1. The highest BCUT2D eigenvalue weighted by Crippen LogP contribution is 2.35. The summed E-state index contributed by atoms with van der Waals surface area (Å²) in [4.78, 5) is 25.5. The standard InChI is InChI=1S/C19H24F2N8O.C15H18ClF2N5.C4H7N3O/c1-12-8-13(2)29(26-12)18-24-15(23-14-4-6-19(20,21)7-5-14)9-17(25-18)30-10-16-22-11-28(3)27-16;1-9-7-10(2)23(22-9)14-20-12(16)8-13(21-14)19-11-3-5-15(17,18)6-4-11;1-7-3-5-4(2-8)6-7/h8-9,11,14H,4-7,10H2,1-3H3,(H,23,24,25);7-8,11H,3-6H2,1-2H3,(H,19,20,21);3,8H,2H2,1H3. The van der Waals surface area contributed by atoms with Crippen molar-refractivity contribution in [1.29, 1.82) is 0 Å². The molecule has 2 fully saturated rings. The van der Waals surface area contributed by atoms with E-state index in [1.54, 1.807) is 57.6 Å². The van der Waals surface area contributed by atoms with E-state index in [4.69, 9.17) is 21.4 Å².